The van der Waals surface area contributed by atoms with Crippen molar-refractivity contribution >= 4 is 17.7 Å². The summed E-state index contributed by atoms with van der Waals surface area (Å²) in [5.41, 5.74) is 0.596. The topological polar surface area (TPSA) is 85.7 Å². The van der Waals surface area contributed by atoms with Crippen molar-refractivity contribution < 1.29 is 9.90 Å². The van der Waals surface area contributed by atoms with Gasteiger partial charge in [0.25, 0.3) is 5.91 Å². The van der Waals surface area contributed by atoms with Crippen LogP contribution < -0.4 is 9.80 Å². The lowest BCUT2D eigenvalue weighted by molar-refractivity contribution is 0.0766. The standard InChI is InChI=1S/C19H26N6O2/c1-23(9-4-14-26)17-6-5-16(15-22-17)18(27)24-10-3-11-25(13-12-24)19-20-7-2-8-21-19/h2,5-8,15,26H,3-4,9-14H2,1H3. The molecule has 0 atom stereocenters. The summed E-state index contributed by atoms with van der Waals surface area (Å²) in [5, 5.41) is 8.93. The Labute approximate surface area is 159 Å². The zero-order chi connectivity index (χ0) is 19.1. The van der Waals surface area contributed by atoms with Gasteiger partial charge in [0.15, 0.2) is 0 Å². The monoisotopic (exact) mass is 370 g/mol. The fraction of sp³-hybridized carbons (Fsp3) is 0.474. The number of anilines is 2. The van der Waals surface area contributed by atoms with E-state index in [4.69, 9.17) is 5.11 Å². The van der Waals surface area contributed by atoms with Crippen molar-refractivity contribution in [3.05, 3.63) is 42.4 Å². The number of rotatable bonds is 6. The van der Waals surface area contributed by atoms with Crippen molar-refractivity contribution in [3.8, 4) is 0 Å². The molecule has 0 unspecified atom stereocenters. The zero-order valence-corrected chi connectivity index (χ0v) is 15.7. The van der Waals surface area contributed by atoms with E-state index >= 15 is 0 Å². The first-order valence-electron chi connectivity index (χ1n) is 9.28. The van der Waals surface area contributed by atoms with Crippen LogP contribution in [-0.4, -0.2) is 77.2 Å². The summed E-state index contributed by atoms with van der Waals surface area (Å²) in [5.74, 6) is 1.51. The summed E-state index contributed by atoms with van der Waals surface area (Å²) in [6.45, 7) is 3.77. The number of amides is 1. The summed E-state index contributed by atoms with van der Waals surface area (Å²) in [4.78, 5) is 31.8. The van der Waals surface area contributed by atoms with E-state index in [1.807, 2.05) is 29.0 Å². The largest absolute Gasteiger partial charge is 0.396 e. The van der Waals surface area contributed by atoms with E-state index in [0.29, 0.717) is 37.6 Å². The minimum Gasteiger partial charge on any atom is -0.396 e. The van der Waals surface area contributed by atoms with Crippen LogP contribution in [0.2, 0.25) is 0 Å². The van der Waals surface area contributed by atoms with Crippen LogP contribution in [0.3, 0.4) is 0 Å². The molecule has 2 aromatic heterocycles. The molecule has 0 spiro atoms. The summed E-state index contributed by atoms with van der Waals surface area (Å²) < 4.78 is 0. The minimum atomic E-state index is 0.00268. The molecule has 1 aliphatic heterocycles. The highest BCUT2D eigenvalue weighted by Gasteiger charge is 2.21. The van der Waals surface area contributed by atoms with Crippen LogP contribution in [-0.2, 0) is 0 Å². The second kappa shape index (κ2) is 9.27. The Kier molecular flexibility index (Phi) is 6.54. The van der Waals surface area contributed by atoms with Crippen molar-refractivity contribution in [1.82, 2.24) is 19.9 Å². The van der Waals surface area contributed by atoms with Crippen LogP contribution in [0.15, 0.2) is 36.8 Å². The van der Waals surface area contributed by atoms with Gasteiger partial charge in [-0.15, -0.1) is 0 Å². The number of hydrogen-bond acceptors (Lipinski definition) is 7. The van der Waals surface area contributed by atoms with Gasteiger partial charge < -0.3 is 19.8 Å². The Balaban J connectivity index is 1.60. The molecule has 3 rings (SSSR count). The molecule has 8 nitrogen and oxygen atoms in total. The quantitative estimate of drug-likeness (QED) is 0.813. The van der Waals surface area contributed by atoms with Crippen LogP contribution in [0.4, 0.5) is 11.8 Å². The Morgan fingerprint density at radius 1 is 1.15 bits per heavy atom. The van der Waals surface area contributed by atoms with Crippen LogP contribution in [0.1, 0.15) is 23.2 Å². The van der Waals surface area contributed by atoms with Gasteiger partial charge in [0.05, 0.1) is 5.56 Å². The normalized spacial score (nSPS) is 14.7. The van der Waals surface area contributed by atoms with Gasteiger partial charge in [-0.05, 0) is 31.0 Å². The predicted octanol–water partition coefficient (Wildman–Crippen LogP) is 1.04. The molecule has 144 valence electrons. The zero-order valence-electron chi connectivity index (χ0n) is 15.7. The fourth-order valence-corrected chi connectivity index (χ4v) is 3.12. The van der Waals surface area contributed by atoms with Gasteiger partial charge in [-0.2, -0.15) is 0 Å². The van der Waals surface area contributed by atoms with Gasteiger partial charge in [-0.3, -0.25) is 4.79 Å². The smallest absolute Gasteiger partial charge is 0.255 e. The summed E-state index contributed by atoms with van der Waals surface area (Å²) in [6.07, 6.45) is 6.67. The van der Waals surface area contributed by atoms with Gasteiger partial charge in [-0.25, -0.2) is 15.0 Å². The molecule has 0 bridgehead atoms. The number of aliphatic hydroxyl groups excluding tert-OH is 1. The Morgan fingerprint density at radius 3 is 2.67 bits per heavy atom. The number of aliphatic hydroxyl groups is 1. The van der Waals surface area contributed by atoms with E-state index in [0.717, 1.165) is 25.3 Å². The molecule has 1 saturated heterocycles. The van der Waals surface area contributed by atoms with Crippen LogP contribution >= 0.6 is 0 Å². The van der Waals surface area contributed by atoms with Crippen molar-refractivity contribution in [2.24, 2.45) is 0 Å². The van der Waals surface area contributed by atoms with E-state index < -0.39 is 0 Å². The Morgan fingerprint density at radius 2 is 1.96 bits per heavy atom. The maximum atomic E-state index is 12.8. The first-order valence-corrected chi connectivity index (χ1v) is 9.28. The number of carbonyl (C=O) groups excluding carboxylic acids is 1. The van der Waals surface area contributed by atoms with Crippen molar-refractivity contribution in [2.75, 3.05) is 56.2 Å². The SMILES string of the molecule is CN(CCCO)c1ccc(C(=O)N2CCCN(c3ncccn3)CC2)cn1. The average molecular weight is 370 g/mol. The van der Waals surface area contributed by atoms with Crippen LogP contribution in [0, 0.1) is 0 Å². The molecular formula is C19H26N6O2. The third-order valence-electron chi connectivity index (χ3n) is 4.66. The molecule has 1 aliphatic rings. The molecule has 0 radical (unpaired) electrons. The summed E-state index contributed by atoms with van der Waals surface area (Å²) in [7, 11) is 1.93. The van der Waals surface area contributed by atoms with Gasteiger partial charge in [0.2, 0.25) is 5.95 Å². The molecule has 0 aliphatic carbocycles. The Bertz CT molecular complexity index is 725. The molecule has 0 aromatic carbocycles. The second-order valence-corrected chi connectivity index (χ2v) is 6.59. The van der Waals surface area contributed by atoms with Crippen LogP contribution in [0.25, 0.3) is 0 Å². The number of hydrogen-bond donors (Lipinski definition) is 1. The highest BCUT2D eigenvalue weighted by atomic mass is 16.3. The molecular weight excluding hydrogens is 344 g/mol. The maximum absolute atomic E-state index is 12.8. The van der Waals surface area contributed by atoms with Crippen molar-refractivity contribution in [2.45, 2.75) is 12.8 Å². The number of nitrogens with zero attached hydrogens (tertiary/aromatic N) is 6. The molecule has 8 heteroatoms. The third kappa shape index (κ3) is 4.91. The molecule has 0 saturated carbocycles. The fourth-order valence-electron chi connectivity index (χ4n) is 3.12. The molecule has 27 heavy (non-hydrogen) atoms. The van der Waals surface area contributed by atoms with E-state index in [1.165, 1.54) is 0 Å². The number of pyridine rings is 1. The molecule has 1 N–H and O–H groups in total. The first-order chi connectivity index (χ1) is 13.2. The highest BCUT2D eigenvalue weighted by molar-refractivity contribution is 5.94. The number of aromatic nitrogens is 3. The minimum absolute atomic E-state index is 0.00268. The Hall–Kier alpha value is -2.74. The van der Waals surface area contributed by atoms with E-state index in [-0.39, 0.29) is 12.5 Å². The number of carbonyl (C=O) groups is 1. The average Bonchev–Trinajstić information content (AvgIpc) is 2.98. The highest BCUT2D eigenvalue weighted by Crippen LogP contribution is 2.15. The van der Waals surface area contributed by atoms with Gasteiger partial charge in [-0.1, -0.05) is 0 Å². The van der Waals surface area contributed by atoms with E-state index in [9.17, 15) is 4.79 Å². The van der Waals surface area contributed by atoms with Crippen LogP contribution in [0.5, 0.6) is 0 Å². The lowest BCUT2D eigenvalue weighted by Gasteiger charge is -2.22. The van der Waals surface area contributed by atoms with Gasteiger partial charge in [0, 0.05) is 65.0 Å². The molecule has 2 aromatic rings. The summed E-state index contributed by atoms with van der Waals surface area (Å²) >= 11 is 0. The van der Waals surface area contributed by atoms with Gasteiger partial charge >= 0.3 is 0 Å². The molecule has 1 fully saturated rings. The lowest BCUT2D eigenvalue weighted by atomic mass is 10.2. The van der Waals surface area contributed by atoms with Gasteiger partial charge in [0.1, 0.15) is 5.82 Å². The lowest BCUT2D eigenvalue weighted by Crippen LogP contribution is -2.35. The van der Waals surface area contributed by atoms with Crippen molar-refractivity contribution in [1.29, 1.82) is 0 Å². The molecule has 1 amide bonds. The molecule has 3 heterocycles. The first kappa shape index (κ1) is 19.0. The van der Waals surface area contributed by atoms with E-state index in [2.05, 4.69) is 19.9 Å². The van der Waals surface area contributed by atoms with Crippen molar-refractivity contribution in [3.63, 3.8) is 0 Å². The summed E-state index contributed by atoms with van der Waals surface area (Å²) in [6, 6.07) is 5.48. The third-order valence-corrected chi connectivity index (χ3v) is 4.66. The maximum Gasteiger partial charge on any atom is 0.255 e. The van der Waals surface area contributed by atoms with E-state index in [1.54, 1.807) is 24.7 Å². The second-order valence-electron chi connectivity index (χ2n) is 6.59. The predicted molar refractivity (Wildman–Crippen MR) is 104 cm³/mol.